The van der Waals surface area contributed by atoms with Gasteiger partial charge in [-0.25, -0.2) is 9.97 Å². The summed E-state index contributed by atoms with van der Waals surface area (Å²) in [6.45, 7) is 0.479. The molecule has 138 valence electrons. The Balaban J connectivity index is 1.75. The Labute approximate surface area is 158 Å². The number of nitrogens with one attached hydrogen (secondary N) is 1. The number of aliphatic carboxylic acids is 1. The number of benzene rings is 1. The van der Waals surface area contributed by atoms with E-state index in [1.54, 1.807) is 6.08 Å². The third kappa shape index (κ3) is 3.37. The van der Waals surface area contributed by atoms with Crippen molar-refractivity contribution in [1.29, 1.82) is 0 Å². The van der Waals surface area contributed by atoms with E-state index in [2.05, 4.69) is 15.3 Å². The van der Waals surface area contributed by atoms with Crippen molar-refractivity contribution in [3.05, 3.63) is 41.6 Å². The minimum absolute atomic E-state index is 0.291. The molecule has 2 saturated heterocycles. The summed E-state index contributed by atoms with van der Waals surface area (Å²) in [6, 6.07) is 7.22. The average Bonchev–Trinajstić information content (AvgIpc) is 2.98. The fraction of sp³-hybridized carbons (Fsp3) is 0.278. The molecule has 8 nitrogen and oxygen atoms in total. The van der Waals surface area contributed by atoms with Crippen LogP contribution in [-0.2, 0) is 9.59 Å². The molecular weight excluding hydrogens is 368 g/mol. The number of carboxylic acid groups (broad SMARTS) is 1. The van der Waals surface area contributed by atoms with Gasteiger partial charge >= 0.3 is 5.97 Å². The maximum atomic E-state index is 11.9. The standard InChI is InChI=1S/C18H16N4O4S/c23-16-14(27-18(26)21-16)8-11-7-10(17(24)25)5-6-22(11)15-12-3-1-2-4-13(12)19-9-20-15/h1-4,8-11H,5-7H2,(H,24,25)(H,21,23,26). The first-order chi connectivity index (χ1) is 13.0. The van der Waals surface area contributed by atoms with E-state index < -0.39 is 23.0 Å². The van der Waals surface area contributed by atoms with Crippen LogP contribution in [0.15, 0.2) is 41.6 Å². The molecule has 0 saturated carbocycles. The van der Waals surface area contributed by atoms with Crippen LogP contribution in [0.3, 0.4) is 0 Å². The summed E-state index contributed by atoms with van der Waals surface area (Å²) in [7, 11) is 0. The van der Waals surface area contributed by atoms with E-state index in [9.17, 15) is 19.5 Å². The number of thioether (sulfide) groups is 1. The van der Waals surface area contributed by atoms with Crippen molar-refractivity contribution >= 4 is 45.6 Å². The smallest absolute Gasteiger partial charge is 0.306 e. The highest BCUT2D eigenvalue weighted by molar-refractivity contribution is 8.18. The topological polar surface area (TPSA) is 112 Å². The second-order valence-electron chi connectivity index (χ2n) is 6.41. The highest BCUT2D eigenvalue weighted by Gasteiger charge is 2.35. The maximum absolute atomic E-state index is 11.9. The van der Waals surface area contributed by atoms with Crippen molar-refractivity contribution in [2.24, 2.45) is 5.92 Å². The minimum Gasteiger partial charge on any atom is -0.481 e. The normalized spacial score (nSPS) is 24.4. The molecule has 2 amide bonds. The van der Waals surface area contributed by atoms with Gasteiger partial charge < -0.3 is 10.0 Å². The lowest BCUT2D eigenvalue weighted by molar-refractivity contribution is -0.142. The summed E-state index contributed by atoms with van der Waals surface area (Å²) < 4.78 is 0. The lowest BCUT2D eigenvalue weighted by atomic mass is 9.90. The van der Waals surface area contributed by atoms with E-state index in [1.807, 2.05) is 29.2 Å². The SMILES string of the molecule is O=C1NC(=O)C(=CC2CC(C(=O)O)CCN2c2ncnc3ccccc23)S1. The summed E-state index contributed by atoms with van der Waals surface area (Å²) in [4.78, 5) is 45.9. The van der Waals surface area contributed by atoms with Gasteiger partial charge in [-0.2, -0.15) is 0 Å². The predicted molar refractivity (Wildman–Crippen MR) is 100 cm³/mol. The van der Waals surface area contributed by atoms with Crippen molar-refractivity contribution in [3.8, 4) is 0 Å². The van der Waals surface area contributed by atoms with Crippen molar-refractivity contribution < 1.29 is 19.5 Å². The van der Waals surface area contributed by atoms with E-state index in [1.165, 1.54) is 6.33 Å². The van der Waals surface area contributed by atoms with Crippen LogP contribution < -0.4 is 10.2 Å². The number of carbonyl (C=O) groups excluding carboxylic acids is 2. The van der Waals surface area contributed by atoms with Crippen LogP contribution in [0.5, 0.6) is 0 Å². The molecule has 0 aliphatic carbocycles. The van der Waals surface area contributed by atoms with Gasteiger partial charge in [0.15, 0.2) is 0 Å². The van der Waals surface area contributed by atoms with Crippen LogP contribution >= 0.6 is 11.8 Å². The second kappa shape index (κ2) is 6.99. The summed E-state index contributed by atoms with van der Waals surface area (Å²) in [6.07, 6.45) is 3.97. The summed E-state index contributed by atoms with van der Waals surface area (Å²) in [5.41, 5.74) is 0.789. The number of aromatic nitrogens is 2. The van der Waals surface area contributed by atoms with Crippen molar-refractivity contribution in [1.82, 2.24) is 15.3 Å². The number of para-hydroxylation sites is 1. The molecule has 2 atom stereocenters. The Hall–Kier alpha value is -2.94. The molecule has 2 unspecified atom stereocenters. The molecule has 4 rings (SSSR count). The second-order valence-corrected chi connectivity index (χ2v) is 7.42. The Morgan fingerprint density at radius 1 is 1.30 bits per heavy atom. The number of hydrogen-bond acceptors (Lipinski definition) is 7. The zero-order valence-corrected chi connectivity index (χ0v) is 15.0. The van der Waals surface area contributed by atoms with Crippen LogP contribution in [0, 0.1) is 5.92 Å². The zero-order valence-electron chi connectivity index (χ0n) is 14.2. The predicted octanol–water partition coefficient (Wildman–Crippen LogP) is 2.17. The highest BCUT2D eigenvalue weighted by atomic mass is 32.2. The Kier molecular flexibility index (Phi) is 4.53. The van der Waals surface area contributed by atoms with Crippen LogP contribution in [-0.4, -0.2) is 44.8 Å². The first-order valence-electron chi connectivity index (χ1n) is 8.47. The van der Waals surface area contributed by atoms with Crippen LogP contribution in [0.25, 0.3) is 10.9 Å². The number of piperidine rings is 1. The van der Waals surface area contributed by atoms with Gasteiger partial charge in [-0.05, 0) is 42.8 Å². The number of fused-ring (bicyclic) bond motifs is 1. The van der Waals surface area contributed by atoms with E-state index in [-0.39, 0.29) is 6.04 Å². The summed E-state index contributed by atoms with van der Waals surface area (Å²) in [5.74, 6) is -1.12. The largest absolute Gasteiger partial charge is 0.481 e. The molecule has 1 aromatic carbocycles. The number of nitrogens with zero attached hydrogens (tertiary/aromatic N) is 3. The third-order valence-electron chi connectivity index (χ3n) is 4.77. The number of rotatable bonds is 3. The molecule has 2 N–H and O–H groups in total. The molecule has 9 heteroatoms. The highest BCUT2D eigenvalue weighted by Crippen LogP contribution is 2.34. The molecule has 3 heterocycles. The van der Waals surface area contributed by atoms with Gasteiger partial charge in [0.05, 0.1) is 22.4 Å². The Morgan fingerprint density at radius 3 is 2.85 bits per heavy atom. The molecule has 0 bridgehead atoms. The number of carboxylic acids is 1. The Morgan fingerprint density at radius 2 is 2.11 bits per heavy atom. The first-order valence-corrected chi connectivity index (χ1v) is 9.29. The zero-order chi connectivity index (χ0) is 19.0. The summed E-state index contributed by atoms with van der Waals surface area (Å²) >= 11 is 0.832. The molecule has 2 aliphatic rings. The molecule has 1 aromatic heterocycles. The van der Waals surface area contributed by atoms with Gasteiger partial charge in [-0.1, -0.05) is 12.1 Å². The van der Waals surface area contributed by atoms with Gasteiger partial charge in [-0.3, -0.25) is 19.7 Å². The van der Waals surface area contributed by atoms with E-state index in [0.717, 1.165) is 22.7 Å². The molecule has 0 radical (unpaired) electrons. The van der Waals surface area contributed by atoms with Crippen LogP contribution in [0.2, 0.25) is 0 Å². The fourth-order valence-corrected chi connectivity index (χ4v) is 4.18. The van der Waals surface area contributed by atoms with E-state index in [0.29, 0.717) is 30.1 Å². The van der Waals surface area contributed by atoms with Crippen molar-refractivity contribution in [2.45, 2.75) is 18.9 Å². The van der Waals surface area contributed by atoms with E-state index in [4.69, 9.17) is 0 Å². The third-order valence-corrected chi connectivity index (χ3v) is 5.60. The van der Waals surface area contributed by atoms with Crippen molar-refractivity contribution in [3.63, 3.8) is 0 Å². The number of amides is 2. The van der Waals surface area contributed by atoms with Gasteiger partial charge in [0.25, 0.3) is 11.1 Å². The number of carbonyl (C=O) groups is 3. The van der Waals surface area contributed by atoms with Crippen LogP contribution in [0.4, 0.5) is 10.6 Å². The number of anilines is 1. The monoisotopic (exact) mass is 384 g/mol. The maximum Gasteiger partial charge on any atom is 0.306 e. The lowest BCUT2D eigenvalue weighted by Crippen LogP contribution is -2.44. The average molecular weight is 384 g/mol. The first kappa shape index (κ1) is 17.5. The number of imide groups is 1. The van der Waals surface area contributed by atoms with Gasteiger partial charge in [0, 0.05) is 11.9 Å². The summed E-state index contributed by atoms with van der Waals surface area (Å²) in [5, 5.41) is 12.1. The molecular formula is C18H16N4O4S. The molecule has 27 heavy (non-hydrogen) atoms. The minimum atomic E-state index is -0.856. The van der Waals surface area contributed by atoms with E-state index >= 15 is 0 Å². The Bertz CT molecular complexity index is 971. The molecule has 2 aromatic rings. The lowest BCUT2D eigenvalue weighted by Gasteiger charge is -2.38. The quantitative estimate of drug-likeness (QED) is 0.774. The van der Waals surface area contributed by atoms with Crippen molar-refractivity contribution in [2.75, 3.05) is 11.4 Å². The van der Waals surface area contributed by atoms with Gasteiger partial charge in [0.1, 0.15) is 12.1 Å². The molecule has 2 aliphatic heterocycles. The molecule has 0 spiro atoms. The number of hydrogen-bond donors (Lipinski definition) is 2. The molecule has 2 fully saturated rings. The van der Waals surface area contributed by atoms with Gasteiger partial charge in [0.2, 0.25) is 0 Å². The fourth-order valence-electron chi connectivity index (χ4n) is 3.47. The van der Waals surface area contributed by atoms with Crippen LogP contribution in [0.1, 0.15) is 12.8 Å². The van der Waals surface area contributed by atoms with Gasteiger partial charge in [-0.15, -0.1) is 0 Å².